The van der Waals surface area contributed by atoms with Gasteiger partial charge >= 0.3 is 6.18 Å². The molecule has 0 atom stereocenters. The van der Waals surface area contributed by atoms with Gasteiger partial charge in [0, 0.05) is 5.56 Å². The summed E-state index contributed by atoms with van der Waals surface area (Å²) in [5.41, 5.74) is -0.687. The smallest absolute Gasteiger partial charge is 0.221 e. The molecule has 2 aromatic rings. The number of aromatic nitrogens is 2. The van der Waals surface area contributed by atoms with Crippen LogP contribution in [0.4, 0.5) is 13.2 Å². The van der Waals surface area contributed by atoms with Crippen LogP contribution in [0, 0.1) is 11.3 Å². The minimum absolute atomic E-state index is 0.197. The first-order valence-electron chi connectivity index (χ1n) is 5.29. The summed E-state index contributed by atoms with van der Waals surface area (Å²) < 4.78 is 39.4. The van der Waals surface area contributed by atoms with E-state index in [0.29, 0.717) is 11.3 Å². The number of nitrogens with zero attached hydrogens (tertiary/aromatic N) is 3. The lowest BCUT2D eigenvalue weighted by molar-refractivity contribution is -0.141. The molecule has 8 heteroatoms. The predicted octanol–water partition coefficient (Wildman–Crippen LogP) is 4.15. The Kier molecular flexibility index (Phi) is 3.93. The number of hydrogen-bond acceptors (Lipinski definition) is 2. The average molecular weight is 320 g/mol. The van der Waals surface area contributed by atoms with Gasteiger partial charge in [-0.2, -0.15) is 23.5 Å². The zero-order chi connectivity index (χ0) is 14.9. The van der Waals surface area contributed by atoms with Crippen LogP contribution in [0.5, 0.6) is 0 Å². The van der Waals surface area contributed by atoms with Crippen LogP contribution < -0.4 is 0 Å². The van der Waals surface area contributed by atoms with Crippen LogP contribution >= 0.6 is 23.2 Å². The van der Waals surface area contributed by atoms with E-state index < -0.39 is 17.8 Å². The first kappa shape index (κ1) is 14.7. The molecule has 1 heterocycles. The molecule has 0 spiro atoms. The fraction of sp³-hybridized carbons (Fsp3) is 0.167. The third kappa shape index (κ3) is 2.60. The molecule has 1 aromatic carbocycles. The first-order chi connectivity index (χ1) is 9.38. The summed E-state index contributed by atoms with van der Waals surface area (Å²) in [5.74, 6) is -0.399. The fourth-order valence-electron chi connectivity index (χ4n) is 1.62. The van der Waals surface area contributed by atoms with Crippen molar-refractivity contribution in [3.8, 4) is 11.8 Å². The zero-order valence-electron chi connectivity index (χ0n) is 9.75. The van der Waals surface area contributed by atoms with Crippen molar-refractivity contribution in [2.75, 3.05) is 0 Å². The van der Waals surface area contributed by atoms with Crippen molar-refractivity contribution in [1.29, 1.82) is 5.26 Å². The highest BCUT2D eigenvalue weighted by atomic mass is 35.5. The van der Waals surface area contributed by atoms with E-state index in [0.717, 1.165) is 4.68 Å². The first-order valence-corrected chi connectivity index (χ1v) is 6.21. The number of rotatable bonds is 2. The molecule has 0 aliphatic rings. The molecule has 0 saturated carbocycles. The number of alkyl halides is 4. The summed E-state index contributed by atoms with van der Waals surface area (Å²) in [6.45, 7) is 0. The molecular weight excluding hydrogens is 314 g/mol. The zero-order valence-corrected chi connectivity index (χ0v) is 11.3. The van der Waals surface area contributed by atoms with E-state index in [9.17, 15) is 13.2 Å². The molecule has 0 radical (unpaired) electrons. The van der Waals surface area contributed by atoms with Crippen LogP contribution in [0.1, 0.15) is 16.8 Å². The largest absolute Gasteiger partial charge is 0.435 e. The molecule has 2 rings (SSSR count). The van der Waals surface area contributed by atoms with E-state index in [1.807, 2.05) is 6.07 Å². The van der Waals surface area contributed by atoms with Crippen LogP contribution in [-0.4, -0.2) is 9.78 Å². The van der Waals surface area contributed by atoms with Crippen molar-refractivity contribution in [2.24, 2.45) is 0 Å². The van der Waals surface area contributed by atoms with Crippen LogP contribution in [0.2, 0.25) is 5.15 Å². The van der Waals surface area contributed by atoms with Gasteiger partial charge in [-0.1, -0.05) is 11.6 Å². The molecule has 20 heavy (non-hydrogen) atoms. The Morgan fingerprint density at radius 1 is 1.25 bits per heavy atom. The number of hydrogen-bond donors (Lipinski definition) is 0. The van der Waals surface area contributed by atoms with Crippen LogP contribution in [0.15, 0.2) is 24.3 Å². The number of halogens is 5. The van der Waals surface area contributed by atoms with Gasteiger partial charge in [-0.15, -0.1) is 11.6 Å². The van der Waals surface area contributed by atoms with Crippen LogP contribution in [0.25, 0.3) is 5.69 Å². The average Bonchev–Trinajstić information content (AvgIpc) is 2.76. The van der Waals surface area contributed by atoms with Gasteiger partial charge in [-0.3, -0.25) is 0 Å². The summed E-state index contributed by atoms with van der Waals surface area (Å²) in [5, 5.41) is 12.0. The van der Waals surface area contributed by atoms with Gasteiger partial charge in [0.05, 0.1) is 23.2 Å². The Morgan fingerprint density at radius 3 is 2.25 bits per heavy atom. The van der Waals surface area contributed by atoms with Crippen molar-refractivity contribution in [1.82, 2.24) is 9.78 Å². The molecule has 104 valence electrons. The Balaban J connectivity index is 2.57. The maximum Gasteiger partial charge on any atom is 0.435 e. The Morgan fingerprint density at radius 2 is 1.85 bits per heavy atom. The lowest BCUT2D eigenvalue weighted by atomic mass is 10.2. The molecular formula is C12H6Cl2F3N3. The molecule has 0 aliphatic carbocycles. The minimum Gasteiger partial charge on any atom is -0.221 e. The van der Waals surface area contributed by atoms with Crippen molar-refractivity contribution in [3.63, 3.8) is 0 Å². The van der Waals surface area contributed by atoms with Crippen molar-refractivity contribution in [3.05, 3.63) is 46.2 Å². The van der Waals surface area contributed by atoms with E-state index >= 15 is 0 Å². The summed E-state index contributed by atoms with van der Waals surface area (Å²) in [6, 6.07) is 7.74. The standard InChI is InChI=1S/C12H6Cl2F3N3/c13-5-9-10(12(15,16)17)19-20(11(9)14)8-3-1-7(6-18)2-4-8/h1-4H,5H2. The molecule has 1 aromatic heterocycles. The lowest BCUT2D eigenvalue weighted by Crippen LogP contribution is -2.09. The minimum atomic E-state index is -4.63. The summed E-state index contributed by atoms with van der Waals surface area (Å²) >= 11 is 11.4. The normalized spacial score (nSPS) is 11.4. The number of benzene rings is 1. The Labute approximate surface area is 122 Å². The van der Waals surface area contributed by atoms with Crippen molar-refractivity contribution < 1.29 is 13.2 Å². The van der Waals surface area contributed by atoms with E-state index in [2.05, 4.69) is 5.10 Å². The molecule has 0 unspecified atom stereocenters. The van der Waals surface area contributed by atoms with Gasteiger partial charge in [-0.25, -0.2) is 4.68 Å². The van der Waals surface area contributed by atoms with Gasteiger partial charge < -0.3 is 0 Å². The summed E-state index contributed by atoms with van der Waals surface area (Å²) in [4.78, 5) is 0. The highest BCUT2D eigenvalue weighted by Crippen LogP contribution is 2.36. The highest BCUT2D eigenvalue weighted by Gasteiger charge is 2.38. The number of nitriles is 1. The third-order valence-corrected chi connectivity index (χ3v) is 3.22. The maximum atomic E-state index is 12.8. The molecule has 0 fully saturated rings. The summed E-state index contributed by atoms with van der Waals surface area (Å²) in [6.07, 6.45) is -4.63. The maximum absolute atomic E-state index is 12.8. The van der Waals surface area contributed by atoms with E-state index in [1.165, 1.54) is 24.3 Å². The van der Waals surface area contributed by atoms with E-state index in [-0.39, 0.29) is 10.7 Å². The molecule has 0 saturated heterocycles. The molecule has 0 bridgehead atoms. The molecule has 0 N–H and O–H groups in total. The van der Waals surface area contributed by atoms with Gasteiger partial charge in [0.15, 0.2) is 5.69 Å². The quantitative estimate of drug-likeness (QED) is 0.780. The fourth-order valence-corrected chi connectivity index (χ4v) is 2.24. The van der Waals surface area contributed by atoms with Crippen molar-refractivity contribution >= 4 is 23.2 Å². The summed E-state index contributed by atoms with van der Waals surface area (Å²) in [7, 11) is 0. The second kappa shape index (κ2) is 5.35. The Bertz CT molecular complexity index is 669. The monoisotopic (exact) mass is 319 g/mol. The molecule has 3 nitrogen and oxygen atoms in total. The van der Waals surface area contributed by atoms with Crippen LogP contribution in [0.3, 0.4) is 0 Å². The van der Waals surface area contributed by atoms with Gasteiger partial charge in [-0.05, 0) is 24.3 Å². The molecule has 0 amide bonds. The van der Waals surface area contributed by atoms with Gasteiger partial charge in [0.2, 0.25) is 0 Å². The third-order valence-electron chi connectivity index (χ3n) is 2.56. The van der Waals surface area contributed by atoms with Crippen molar-refractivity contribution in [2.45, 2.75) is 12.1 Å². The SMILES string of the molecule is N#Cc1ccc(-n2nc(C(F)(F)F)c(CCl)c2Cl)cc1. The molecule has 0 aliphatic heterocycles. The van der Waals surface area contributed by atoms with E-state index in [4.69, 9.17) is 28.5 Å². The van der Waals surface area contributed by atoms with Gasteiger partial charge in [0.1, 0.15) is 5.15 Å². The Hall–Kier alpha value is -1.71. The van der Waals surface area contributed by atoms with Gasteiger partial charge in [0.25, 0.3) is 0 Å². The topological polar surface area (TPSA) is 41.6 Å². The van der Waals surface area contributed by atoms with E-state index in [1.54, 1.807) is 0 Å². The second-order valence-electron chi connectivity index (χ2n) is 3.82. The highest BCUT2D eigenvalue weighted by molar-refractivity contribution is 6.31. The predicted molar refractivity (Wildman–Crippen MR) is 67.8 cm³/mol. The lowest BCUT2D eigenvalue weighted by Gasteiger charge is -2.03. The van der Waals surface area contributed by atoms with Crippen LogP contribution in [-0.2, 0) is 12.1 Å². The second-order valence-corrected chi connectivity index (χ2v) is 4.45.